The van der Waals surface area contributed by atoms with Gasteiger partial charge >= 0.3 is 12.4 Å². The van der Waals surface area contributed by atoms with Crippen LogP contribution in [-0.4, -0.2) is 24.3 Å². The molecule has 0 atom stereocenters. The molecule has 1 aliphatic heterocycles. The number of methoxy groups -OCH3 is 1. The van der Waals surface area contributed by atoms with Crippen molar-refractivity contribution in [2.45, 2.75) is 38.2 Å². The maximum Gasteiger partial charge on any atom is 0.417 e. The zero-order valence-electron chi connectivity index (χ0n) is 21.6. The number of benzene rings is 3. The lowest BCUT2D eigenvalue weighted by atomic mass is 9.85. The maximum absolute atomic E-state index is 13.4. The number of anilines is 1. The third-order valence-corrected chi connectivity index (χ3v) is 6.31. The SMILES string of the molecule is COc1ccc2c(c1)/C(=C/C(=O)c1ccc(NC(=O)c3cc(C(F)(F)F)ccc3C(F)(F)F)cc1)NC(C)(C)C2. The van der Waals surface area contributed by atoms with Gasteiger partial charge in [0, 0.05) is 34.1 Å². The minimum Gasteiger partial charge on any atom is -0.497 e. The fourth-order valence-corrected chi connectivity index (χ4v) is 4.44. The number of ether oxygens (including phenoxy) is 1. The van der Waals surface area contributed by atoms with Crippen LogP contribution in [0.4, 0.5) is 32.0 Å². The fourth-order valence-electron chi connectivity index (χ4n) is 4.44. The first kappa shape index (κ1) is 28.7. The van der Waals surface area contributed by atoms with Crippen molar-refractivity contribution in [2.24, 2.45) is 0 Å². The Morgan fingerprint density at radius 2 is 1.60 bits per heavy atom. The molecule has 210 valence electrons. The molecule has 0 unspecified atom stereocenters. The molecular weight excluding hydrogens is 538 g/mol. The average molecular weight is 563 g/mol. The highest BCUT2D eigenvalue weighted by Gasteiger charge is 2.38. The molecule has 0 aromatic heterocycles. The second-order valence-electron chi connectivity index (χ2n) is 9.92. The molecule has 1 aliphatic rings. The van der Waals surface area contributed by atoms with Gasteiger partial charge in [0.2, 0.25) is 0 Å². The highest BCUT2D eigenvalue weighted by Crippen LogP contribution is 2.37. The van der Waals surface area contributed by atoms with Gasteiger partial charge in [-0.2, -0.15) is 26.3 Å². The van der Waals surface area contributed by atoms with Crippen LogP contribution in [0, 0.1) is 0 Å². The van der Waals surface area contributed by atoms with Crippen molar-refractivity contribution in [3.63, 3.8) is 0 Å². The van der Waals surface area contributed by atoms with E-state index in [9.17, 15) is 35.9 Å². The highest BCUT2D eigenvalue weighted by atomic mass is 19.4. The van der Waals surface area contributed by atoms with Gasteiger partial charge in [-0.3, -0.25) is 9.59 Å². The first-order valence-electron chi connectivity index (χ1n) is 12.0. The molecule has 4 rings (SSSR count). The zero-order valence-corrected chi connectivity index (χ0v) is 21.6. The Labute approximate surface area is 225 Å². The van der Waals surface area contributed by atoms with Crippen LogP contribution in [0.3, 0.4) is 0 Å². The van der Waals surface area contributed by atoms with Crippen molar-refractivity contribution in [1.29, 1.82) is 0 Å². The number of rotatable bonds is 5. The number of alkyl halides is 6. The van der Waals surface area contributed by atoms with E-state index in [-0.39, 0.29) is 40.8 Å². The van der Waals surface area contributed by atoms with Crippen LogP contribution in [0.5, 0.6) is 5.75 Å². The molecule has 0 bridgehead atoms. The van der Waals surface area contributed by atoms with Crippen LogP contribution >= 0.6 is 0 Å². The third-order valence-electron chi connectivity index (χ3n) is 6.31. The Morgan fingerprint density at radius 1 is 0.925 bits per heavy atom. The number of allylic oxidation sites excluding steroid dienone is 1. The molecular formula is C29H24F6N2O3. The van der Waals surface area contributed by atoms with Crippen molar-refractivity contribution < 1.29 is 40.7 Å². The quantitative estimate of drug-likeness (QED) is 0.197. The second kappa shape index (κ2) is 10.4. The molecule has 3 aromatic rings. The summed E-state index contributed by atoms with van der Waals surface area (Å²) in [7, 11) is 1.54. The Kier molecular flexibility index (Phi) is 7.44. The van der Waals surface area contributed by atoms with E-state index in [1.807, 2.05) is 32.0 Å². The monoisotopic (exact) mass is 562 g/mol. The Bertz CT molecular complexity index is 1490. The summed E-state index contributed by atoms with van der Waals surface area (Å²) in [5.41, 5.74) is -1.78. The van der Waals surface area contributed by atoms with E-state index in [0.29, 0.717) is 17.9 Å². The van der Waals surface area contributed by atoms with Gasteiger partial charge in [-0.15, -0.1) is 0 Å². The molecule has 0 fully saturated rings. The number of carbonyl (C=O) groups is 2. The number of hydrogen-bond acceptors (Lipinski definition) is 4. The minimum atomic E-state index is -5.05. The molecule has 3 aromatic carbocycles. The molecule has 0 radical (unpaired) electrons. The summed E-state index contributed by atoms with van der Waals surface area (Å²) in [4.78, 5) is 25.7. The molecule has 0 spiro atoms. The standard InChI is InChI=1S/C29H24F6N2O3/c1-27(2)15-17-6-10-20(40-3)13-21(17)24(37-27)14-25(38)16-4-8-19(9-5-16)36-26(39)22-12-18(28(30,31)32)7-11-23(22)29(33,34)35/h4-14,37H,15H2,1-3H3,(H,36,39)/b24-14-. The van der Waals surface area contributed by atoms with Crippen LogP contribution in [-0.2, 0) is 18.8 Å². The zero-order chi connectivity index (χ0) is 29.5. The van der Waals surface area contributed by atoms with Gasteiger partial charge in [0.1, 0.15) is 5.75 Å². The van der Waals surface area contributed by atoms with Gasteiger partial charge in [-0.05, 0) is 80.4 Å². The van der Waals surface area contributed by atoms with Crippen molar-refractivity contribution >= 4 is 23.1 Å². The number of carbonyl (C=O) groups excluding carboxylic acids is 2. The van der Waals surface area contributed by atoms with E-state index in [2.05, 4.69) is 10.6 Å². The summed E-state index contributed by atoms with van der Waals surface area (Å²) in [6.07, 6.45) is -7.85. The number of ketones is 1. The lowest BCUT2D eigenvalue weighted by molar-refractivity contribution is -0.141. The van der Waals surface area contributed by atoms with Crippen LogP contribution in [0.1, 0.15) is 56.8 Å². The molecule has 0 saturated carbocycles. The lowest BCUT2D eigenvalue weighted by Crippen LogP contribution is -2.43. The van der Waals surface area contributed by atoms with Crippen LogP contribution < -0.4 is 15.4 Å². The third kappa shape index (κ3) is 6.30. The van der Waals surface area contributed by atoms with E-state index in [1.165, 1.54) is 37.5 Å². The van der Waals surface area contributed by atoms with Crippen LogP contribution in [0.15, 0.2) is 66.7 Å². The fraction of sp³-hybridized carbons (Fsp3) is 0.241. The van der Waals surface area contributed by atoms with Gasteiger partial charge in [-0.25, -0.2) is 0 Å². The average Bonchev–Trinajstić information content (AvgIpc) is 2.87. The van der Waals surface area contributed by atoms with E-state index in [4.69, 9.17) is 4.74 Å². The number of hydrogen-bond donors (Lipinski definition) is 2. The molecule has 1 heterocycles. The van der Waals surface area contributed by atoms with Crippen molar-refractivity contribution in [2.75, 3.05) is 12.4 Å². The molecule has 11 heteroatoms. The van der Waals surface area contributed by atoms with E-state index >= 15 is 0 Å². The van der Waals surface area contributed by atoms with Crippen LogP contribution in [0.2, 0.25) is 0 Å². The number of fused-ring (bicyclic) bond motifs is 1. The number of nitrogens with one attached hydrogen (secondary N) is 2. The van der Waals surface area contributed by atoms with E-state index < -0.39 is 35.0 Å². The first-order chi connectivity index (χ1) is 18.6. The summed E-state index contributed by atoms with van der Waals surface area (Å²) in [5, 5.41) is 5.52. The topological polar surface area (TPSA) is 67.4 Å². The Morgan fingerprint density at radius 3 is 2.20 bits per heavy atom. The Hall–Kier alpha value is -4.28. The smallest absolute Gasteiger partial charge is 0.417 e. The summed E-state index contributed by atoms with van der Waals surface area (Å²) >= 11 is 0. The minimum absolute atomic E-state index is 0.00764. The molecule has 0 saturated heterocycles. The van der Waals surface area contributed by atoms with Gasteiger partial charge in [0.05, 0.1) is 23.8 Å². The summed E-state index contributed by atoms with van der Waals surface area (Å²) in [6.45, 7) is 3.98. The highest BCUT2D eigenvalue weighted by molar-refractivity contribution is 6.09. The largest absolute Gasteiger partial charge is 0.497 e. The number of halogens is 6. The molecule has 1 amide bonds. The number of amides is 1. The van der Waals surface area contributed by atoms with Crippen molar-refractivity contribution in [3.8, 4) is 5.75 Å². The van der Waals surface area contributed by atoms with Crippen LogP contribution in [0.25, 0.3) is 5.70 Å². The summed E-state index contributed by atoms with van der Waals surface area (Å²) in [6, 6.07) is 11.5. The van der Waals surface area contributed by atoms with E-state index in [0.717, 1.165) is 11.1 Å². The van der Waals surface area contributed by atoms with E-state index in [1.54, 1.807) is 0 Å². The molecule has 2 N–H and O–H groups in total. The summed E-state index contributed by atoms with van der Waals surface area (Å²) < 4.78 is 84.7. The van der Waals surface area contributed by atoms with Crippen molar-refractivity contribution in [1.82, 2.24) is 5.32 Å². The first-order valence-corrected chi connectivity index (χ1v) is 12.0. The van der Waals surface area contributed by atoms with Gasteiger partial charge in [0.25, 0.3) is 5.91 Å². The maximum atomic E-state index is 13.4. The lowest BCUT2D eigenvalue weighted by Gasteiger charge is -2.35. The van der Waals surface area contributed by atoms with Gasteiger partial charge in [-0.1, -0.05) is 6.07 Å². The summed E-state index contributed by atoms with van der Waals surface area (Å²) in [5.74, 6) is -1.14. The van der Waals surface area contributed by atoms with Gasteiger partial charge in [0.15, 0.2) is 5.78 Å². The van der Waals surface area contributed by atoms with Crippen molar-refractivity contribution in [3.05, 3.63) is 100 Å². The predicted octanol–water partition coefficient (Wildman–Crippen LogP) is 7.13. The molecule has 0 aliphatic carbocycles. The predicted molar refractivity (Wildman–Crippen MR) is 137 cm³/mol. The Balaban J connectivity index is 1.58. The normalized spacial score (nSPS) is 15.7. The van der Waals surface area contributed by atoms with Gasteiger partial charge < -0.3 is 15.4 Å². The second-order valence-corrected chi connectivity index (χ2v) is 9.92. The molecule has 5 nitrogen and oxygen atoms in total. The molecule has 40 heavy (non-hydrogen) atoms.